The van der Waals surface area contributed by atoms with Gasteiger partial charge in [0.1, 0.15) is 0 Å². The molecule has 2 heteroatoms. The minimum atomic E-state index is -0.786. The Morgan fingerprint density at radius 2 is 2.33 bits per heavy atom. The molecule has 0 spiro atoms. The number of hydrogen-bond donors (Lipinski definition) is 0. The molecule has 0 rings (SSSR count). The van der Waals surface area contributed by atoms with Gasteiger partial charge in [0.2, 0.25) is 0 Å². The Morgan fingerprint density at radius 1 is 1.67 bits per heavy atom. The Balaban J connectivity index is 3.27. The number of amides is 1. The SMILES string of the molecule is CCCCC#CC([NH])=O. The number of nitrogens with one attached hydrogen (secondary N) is 1. The van der Waals surface area contributed by atoms with Crippen molar-refractivity contribution in [1.29, 1.82) is 0 Å². The fourth-order valence-corrected chi connectivity index (χ4v) is 0.408. The van der Waals surface area contributed by atoms with E-state index in [1.54, 1.807) is 0 Å². The first kappa shape index (κ1) is 8.03. The highest BCUT2D eigenvalue weighted by molar-refractivity contribution is 5.91. The predicted octanol–water partition coefficient (Wildman–Crippen LogP) is 0.990. The van der Waals surface area contributed by atoms with Crippen LogP contribution < -0.4 is 5.73 Å². The highest BCUT2D eigenvalue weighted by atomic mass is 16.1. The van der Waals surface area contributed by atoms with Crippen molar-refractivity contribution in [2.45, 2.75) is 26.2 Å². The maximum atomic E-state index is 9.90. The first-order valence-corrected chi connectivity index (χ1v) is 3.01. The van der Waals surface area contributed by atoms with Crippen molar-refractivity contribution in [2.24, 2.45) is 0 Å². The van der Waals surface area contributed by atoms with Gasteiger partial charge in [-0.25, -0.2) is 0 Å². The zero-order valence-corrected chi connectivity index (χ0v) is 5.53. The van der Waals surface area contributed by atoms with Crippen LogP contribution in [0.15, 0.2) is 0 Å². The molecule has 0 unspecified atom stereocenters. The summed E-state index contributed by atoms with van der Waals surface area (Å²) in [5.41, 5.74) is 6.40. The zero-order chi connectivity index (χ0) is 7.11. The Kier molecular flexibility index (Phi) is 4.61. The van der Waals surface area contributed by atoms with E-state index in [1.165, 1.54) is 0 Å². The van der Waals surface area contributed by atoms with Gasteiger partial charge in [-0.1, -0.05) is 19.3 Å². The van der Waals surface area contributed by atoms with Crippen molar-refractivity contribution in [3.05, 3.63) is 0 Å². The van der Waals surface area contributed by atoms with E-state index in [4.69, 9.17) is 5.73 Å². The molecule has 0 saturated carbocycles. The van der Waals surface area contributed by atoms with Gasteiger partial charge in [-0.2, -0.15) is 0 Å². The lowest BCUT2D eigenvalue weighted by atomic mass is 10.2. The molecule has 1 N–H and O–H groups in total. The van der Waals surface area contributed by atoms with E-state index in [0.29, 0.717) is 0 Å². The van der Waals surface area contributed by atoms with Crippen LogP contribution in [0.25, 0.3) is 0 Å². The van der Waals surface area contributed by atoms with Gasteiger partial charge >= 0.3 is 5.91 Å². The molecule has 1 radical (unpaired) electrons. The highest BCUT2D eigenvalue weighted by Crippen LogP contribution is 1.89. The summed E-state index contributed by atoms with van der Waals surface area (Å²) in [6.45, 7) is 2.06. The smallest absolute Gasteiger partial charge is 0.258 e. The van der Waals surface area contributed by atoms with Crippen molar-refractivity contribution < 1.29 is 4.79 Å². The molecule has 0 aliphatic rings. The quantitative estimate of drug-likeness (QED) is 0.399. The van der Waals surface area contributed by atoms with Crippen molar-refractivity contribution >= 4 is 5.91 Å². The van der Waals surface area contributed by atoms with Gasteiger partial charge in [0.15, 0.2) is 0 Å². The first-order valence-electron chi connectivity index (χ1n) is 3.01. The minimum absolute atomic E-state index is 0.737. The monoisotopic (exact) mass is 124 g/mol. The molecule has 2 nitrogen and oxygen atoms in total. The van der Waals surface area contributed by atoms with Crippen LogP contribution in [-0.4, -0.2) is 5.91 Å². The summed E-state index contributed by atoms with van der Waals surface area (Å²) in [6, 6.07) is 0. The highest BCUT2D eigenvalue weighted by Gasteiger charge is 1.80. The second-order valence-corrected chi connectivity index (χ2v) is 1.73. The molecule has 0 heterocycles. The van der Waals surface area contributed by atoms with Crippen LogP contribution in [0.5, 0.6) is 0 Å². The maximum Gasteiger partial charge on any atom is 0.314 e. The van der Waals surface area contributed by atoms with Crippen LogP contribution in [-0.2, 0) is 4.79 Å². The number of rotatable bonds is 2. The van der Waals surface area contributed by atoms with Crippen LogP contribution in [0.2, 0.25) is 0 Å². The van der Waals surface area contributed by atoms with Crippen molar-refractivity contribution in [2.75, 3.05) is 0 Å². The Bertz CT molecular complexity index is 141. The average molecular weight is 124 g/mol. The third-order valence-corrected chi connectivity index (χ3v) is 0.857. The topological polar surface area (TPSA) is 40.9 Å². The molecule has 0 bridgehead atoms. The molecular weight excluding hydrogens is 114 g/mol. The van der Waals surface area contributed by atoms with E-state index in [9.17, 15) is 4.79 Å². The molecule has 0 aliphatic heterocycles. The summed E-state index contributed by atoms with van der Waals surface area (Å²) in [7, 11) is 0. The van der Waals surface area contributed by atoms with E-state index in [-0.39, 0.29) is 0 Å². The molecular formula is C7H10NO. The van der Waals surface area contributed by atoms with E-state index >= 15 is 0 Å². The first-order chi connectivity index (χ1) is 4.27. The normalized spacial score (nSPS) is 7.67. The largest absolute Gasteiger partial charge is 0.314 e. The molecule has 0 fully saturated rings. The number of carbonyl (C=O) groups is 1. The van der Waals surface area contributed by atoms with Gasteiger partial charge in [0.05, 0.1) is 0 Å². The summed E-state index contributed by atoms with van der Waals surface area (Å²) in [6.07, 6.45) is 2.84. The lowest BCUT2D eigenvalue weighted by molar-refractivity contribution is -0.113. The average Bonchev–Trinajstić information content (AvgIpc) is 1.80. The predicted molar refractivity (Wildman–Crippen MR) is 35.4 cm³/mol. The second kappa shape index (κ2) is 5.17. The molecule has 0 aliphatic carbocycles. The molecule has 0 atom stereocenters. The van der Waals surface area contributed by atoms with Crippen LogP contribution in [0.4, 0.5) is 0 Å². The summed E-state index contributed by atoms with van der Waals surface area (Å²) in [5, 5.41) is 0. The third kappa shape index (κ3) is 7.03. The van der Waals surface area contributed by atoms with Crippen LogP contribution in [0.3, 0.4) is 0 Å². The van der Waals surface area contributed by atoms with Crippen molar-refractivity contribution in [3.63, 3.8) is 0 Å². The second-order valence-electron chi connectivity index (χ2n) is 1.73. The zero-order valence-electron chi connectivity index (χ0n) is 5.53. The summed E-state index contributed by atoms with van der Waals surface area (Å²) >= 11 is 0. The van der Waals surface area contributed by atoms with Crippen molar-refractivity contribution in [1.82, 2.24) is 5.73 Å². The van der Waals surface area contributed by atoms with Crippen LogP contribution in [0, 0.1) is 11.8 Å². The standard InChI is InChI=1S/C7H10NO/c1-2-3-4-5-6-7(8)9/h8H,2-4H2,1H3. The molecule has 0 aromatic rings. The Labute approximate surface area is 55.4 Å². The van der Waals surface area contributed by atoms with Gasteiger partial charge in [0, 0.05) is 6.42 Å². The van der Waals surface area contributed by atoms with Gasteiger partial charge in [-0.15, -0.1) is 0 Å². The van der Waals surface area contributed by atoms with Crippen LogP contribution in [0.1, 0.15) is 26.2 Å². The summed E-state index contributed by atoms with van der Waals surface area (Å²) < 4.78 is 0. The van der Waals surface area contributed by atoms with Crippen LogP contribution >= 0.6 is 0 Å². The molecule has 9 heavy (non-hydrogen) atoms. The van der Waals surface area contributed by atoms with E-state index in [2.05, 4.69) is 18.8 Å². The molecule has 49 valence electrons. The number of unbranched alkanes of at least 4 members (excludes halogenated alkanes) is 2. The fraction of sp³-hybridized carbons (Fsp3) is 0.571. The minimum Gasteiger partial charge on any atom is -0.258 e. The lowest BCUT2D eigenvalue weighted by Crippen LogP contribution is -1.89. The molecule has 1 amide bonds. The Morgan fingerprint density at radius 3 is 2.78 bits per heavy atom. The number of hydrogen-bond acceptors (Lipinski definition) is 1. The van der Waals surface area contributed by atoms with E-state index in [1.807, 2.05) is 0 Å². The molecule has 0 aromatic carbocycles. The summed E-state index contributed by atoms with van der Waals surface area (Å²) in [5.74, 6) is 3.97. The lowest BCUT2D eigenvalue weighted by Gasteiger charge is -1.81. The van der Waals surface area contributed by atoms with Gasteiger partial charge in [0.25, 0.3) is 0 Å². The maximum absolute atomic E-state index is 9.90. The molecule has 0 saturated heterocycles. The van der Waals surface area contributed by atoms with Gasteiger partial charge < -0.3 is 0 Å². The van der Waals surface area contributed by atoms with E-state index < -0.39 is 5.91 Å². The summed E-state index contributed by atoms with van der Waals surface area (Å²) in [4.78, 5) is 9.90. The van der Waals surface area contributed by atoms with Crippen molar-refractivity contribution in [3.8, 4) is 11.8 Å². The third-order valence-electron chi connectivity index (χ3n) is 0.857. The number of carbonyl (C=O) groups excluding carboxylic acids is 1. The van der Waals surface area contributed by atoms with E-state index in [0.717, 1.165) is 19.3 Å². The fourth-order valence-electron chi connectivity index (χ4n) is 0.408. The van der Waals surface area contributed by atoms with Gasteiger partial charge in [-0.3, -0.25) is 10.5 Å². The Hall–Kier alpha value is -0.970. The van der Waals surface area contributed by atoms with Gasteiger partial charge in [-0.05, 0) is 12.3 Å². The molecule has 0 aromatic heterocycles.